The third-order valence-electron chi connectivity index (χ3n) is 1.43. The molecule has 0 aliphatic carbocycles. The van der Waals surface area contributed by atoms with Crippen LogP contribution >= 0.6 is 0 Å². The predicted octanol–water partition coefficient (Wildman–Crippen LogP) is -1.75. The van der Waals surface area contributed by atoms with Crippen LogP contribution in [0.2, 0.25) is 0 Å². The molecule has 0 fully saturated rings. The van der Waals surface area contributed by atoms with Gasteiger partial charge in [-0.05, 0) is 0 Å². The van der Waals surface area contributed by atoms with Gasteiger partial charge in [0.25, 0.3) is 5.91 Å². The van der Waals surface area contributed by atoms with Gasteiger partial charge in [0.2, 0.25) is 5.82 Å². The van der Waals surface area contributed by atoms with Gasteiger partial charge in [0.05, 0.1) is 6.54 Å². The topological polar surface area (TPSA) is 125 Å². The number of nitrogens with one attached hydrogen (secondary N) is 3. The molecule has 0 aromatic carbocycles. The molecule has 0 radical (unpaired) electrons. The molecule has 14 heavy (non-hydrogen) atoms. The first-order valence-corrected chi connectivity index (χ1v) is 3.72. The average molecular weight is 194 g/mol. The van der Waals surface area contributed by atoms with Gasteiger partial charge >= 0.3 is 0 Å². The van der Waals surface area contributed by atoms with Crippen LogP contribution in [0.1, 0.15) is 16.4 Å². The van der Waals surface area contributed by atoms with Crippen molar-refractivity contribution < 1.29 is 4.79 Å². The summed E-state index contributed by atoms with van der Waals surface area (Å²) in [4.78, 5) is 14.9. The lowest BCUT2D eigenvalue weighted by atomic mass is 10.5. The SMILES string of the molecule is O=C(NCc1nn[nH]n1)c1ncn[nH]1. The van der Waals surface area contributed by atoms with Crippen LogP contribution in [-0.4, -0.2) is 41.7 Å². The zero-order valence-electron chi connectivity index (χ0n) is 6.93. The van der Waals surface area contributed by atoms with Crippen molar-refractivity contribution in [1.82, 2.24) is 41.1 Å². The fourth-order valence-corrected chi connectivity index (χ4v) is 0.815. The van der Waals surface area contributed by atoms with Gasteiger partial charge in [0.15, 0.2) is 5.82 Å². The number of rotatable bonds is 3. The summed E-state index contributed by atoms with van der Waals surface area (Å²) < 4.78 is 0. The van der Waals surface area contributed by atoms with Crippen molar-refractivity contribution >= 4 is 5.91 Å². The molecular weight excluding hydrogens is 188 g/mol. The highest BCUT2D eigenvalue weighted by molar-refractivity contribution is 5.90. The maximum Gasteiger partial charge on any atom is 0.288 e. The lowest BCUT2D eigenvalue weighted by Crippen LogP contribution is -2.24. The second-order valence-corrected chi connectivity index (χ2v) is 2.34. The maximum atomic E-state index is 11.3. The van der Waals surface area contributed by atoms with Crippen molar-refractivity contribution in [3.05, 3.63) is 18.0 Å². The molecule has 2 aromatic rings. The Bertz CT molecular complexity index is 391. The lowest BCUT2D eigenvalue weighted by molar-refractivity contribution is 0.0940. The monoisotopic (exact) mass is 194 g/mol. The van der Waals surface area contributed by atoms with Gasteiger partial charge in [-0.3, -0.25) is 9.89 Å². The summed E-state index contributed by atoms with van der Waals surface area (Å²) in [5.41, 5.74) is 0. The molecule has 0 unspecified atom stereocenters. The third kappa shape index (κ3) is 1.71. The molecule has 2 heterocycles. The first-order chi connectivity index (χ1) is 6.86. The molecule has 0 saturated heterocycles. The van der Waals surface area contributed by atoms with Gasteiger partial charge in [-0.15, -0.1) is 10.2 Å². The van der Waals surface area contributed by atoms with Crippen molar-refractivity contribution in [1.29, 1.82) is 0 Å². The molecule has 0 bridgehead atoms. The van der Waals surface area contributed by atoms with Crippen LogP contribution < -0.4 is 5.32 Å². The van der Waals surface area contributed by atoms with E-state index in [1.54, 1.807) is 0 Å². The fourth-order valence-electron chi connectivity index (χ4n) is 0.815. The summed E-state index contributed by atoms with van der Waals surface area (Å²) in [6, 6.07) is 0. The van der Waals surface area contributed by atoms with Gasteiger partial charge in [-0.2, -0.15) is 10.3 Å². The molecule has 3 N–H and O–H groups in total. The van der Waals surface area contributed by atoms with E-state index in [1.807, 2.05) is 0 Å². The zero-order valence-corrected chi connectivity index (χ0v) is 6.93. The number of carbonyl (C=O) groups excluding carboxylic acids is 1. The van der Waals surface area contributed by atoms with Crippen molar-refractivity contribution in [2.24, 2.45) is 0 Å². The molecule has 2 rings (SSSR count). The fraction of sp³-hybridized carbons (Fsp3) is 0.200. The Balaban J connectivity index is 1.90. The molecule has 0 saturated carbocycles. The number of aromatic amines is 2. The van der Waals surface area contributed by atoms with Crippen molar-refractivity contribution in [3.63, 3.8) is 0 Å². The Morgan fingerprint density at radius 3 is 3.14 bits per heavy atom. The first kappa shape index (κ1) is 8.29. The number of tetrazole rings is 1. The molecule has 0 aliphatic heterocycles. The number of aromatic nitrogens is 7. The van der Waals surface area contributed by atoms with Gasteiger partial charge in [-0.1, -0.05) is 5.21 Å². The predicted molar refractivity (Wildman–Crippen MR) is 41.7 cm³/mol. The Morgan fingerprint density at radius 2 is 2.50 bits per heavy atom. The van der Waals surface area contributed by atoms with Crippen molar-refractivity contribution in [3.8, 4) is 0 Å². The average Bonchev–Trinajstić information content (AvgIpc) is 2.87. The van der Waals surface area contributed by atoms with E-state index in [1.165, 1.54) is 6.33 Å². The number of nitrogens with zero attached hydrogens (tertiary/aromatic N) is 5. The van der Waals surface area contributed by atoms with Crippen LogP contribution in [0.5, 0.6) is 0 Å². The summed E-state index contributed by atoms with van der Waals surface area (Å²) in [7, 11) is 0. The zero-order chi connectivity index (χ0) is 9.80. The summed E-state index contributed by atoms with van der Waals surface area (Å²) >= 11 is 0. The molecule has 9 nitrogen and oxygen atoms in total. The quantitative estimate of drug-likeness (QED) is 0.531. The highest BCUT2D eigenvalue weighted by atomic mass is 16.2. The van der Waals surface area contributed by atoms with E-state index in [4.69, 9.17) is 0 Å². The van der Waals surface area contributed by atoms with Gasteiger partial charge in [0.1, 0.15) is 6.33 Å². The third-order valence-corrected chi connectivity index (χ3v) is 1.43. The Labute approximate surface area is 77.3 Å². The van der Waals surface area contributed by atoms with Crippen LogP contribution in [0.4, 0.5) is 0 Å². The minimum atomic E-state index is -0.368. The van der Waals surface area contributed by atoms with E-state index < -0.39 is 0 Å². The van der Waals surface area contributed by atoms with Crippen LogP contribution in [0.25, 0.3) is 0 Å². The number of carbonyl (C=O) groups is 1. The number of hydrogen-bond donors (Lipinski definition) is 3. The second kappa shape index (κ2) is 3.60. The first-order valence-electron chi connectivity index (χ1n) is 3.72. The van der Waals surface area contributed by atoms with E-state index in [0.717, 1.165) is 0 Å². The normalized spacial score (nSPS) is 10.0. The standard InChI is InChI=1S/C5H6N8O/c14-5(4-7-2-8-11-4)6-1-3-9-12-13-10-3/h2H,1H2,(H,6,14)(H,7,8,11)(H,9,10,12,13). The number of hydrogen-bond acceptors (Lipinski definition) is 6. The minimum absolute atomic E-state index is 0.147. The van der Waals surface area contributed by atoms with E-state index in [9.17, 15) is 4.79 Å². The van der Waals surface area contributed by atoms with Gasteiger partial charge in [0, 0.05) is 0 Å². The van der Waals surface area contributed by atoms with Crippen LogP contribution in [0, 0.1) is 0 Å². The molecule has 9 heteroatoms. The maximum absolute atomic E-state index is 11.3. The highest BCUT2D eigenvalue weighted by Crippen LogP contribution is 1.87. The van der Waals surface area contributed by atoms with E-state index in [2.05, 4.69) is 41.1 Å². The Morgan fingerprint density at radius 1 is 1.57 bits per heavy atom. The van der Waals surface area contributed by atoms with Gasteiger partial charge in [-0.25, -0.2) is 4.98 Å². The number of amides is 1. The molecule has 0 aliphatic rings. The van der Waals surface area contributed by atoms with Crippen LogP contribution in [0.3, 0.4) is 0 Å². The lowest BCUT2D eigenvalue weighted by Gasteiger charge is -1.96. The molecule has 0 spiro atoms. The van der Waals surface area contributed by atoms with Gasteiger partial charge < -0.3 is 5.32 Å². The molecule has 2 aromatic heterocycles. The Kier molecular flexibility index (Phi) is 2.13. The summed E-state index contributed by atoms with van der Waals surface area (Å²) in [6.07, 6.45) is 1.25. The molecular formula is C5H6N8O. The molecule has 72 valence electrons. The minimum Gasteiger partial charge on any atom is -0.342 e. The number of H-pyrrole nitrogens is 2. The summed E-state index contributed by atoms with van der Waals surface area (Å²) in [6.45, 7) is 0.191. The molecule has 0 atom stereocenters. The van der Waals surface area contributed by atoms with Crippen LogP contribution in [0.15, 0.2) is 6.33 Å². The van der Waals surface area contributed by atoms with E-state index in [0.29, 0.717) is 5.82 Å². The van der Waals surface area contributed by atoms with Crippen molar-refractivity contribution in [2.45, 2.75) is 6.54 Å². The van der Waals surface area contributed by atoms with E-state index in [-0.39, 0.29) is 18.3 Å². The second-order valence-electron chi connectivity index (χ2n) is 2.34. The summed E-state index contributed by atoms with van der Waals surface area (Å²) in [5.74, 6) is 0.179. The Hall–Kier alpha value is -2.32. The van der Waals surface area contributed by atoms with E-state index >= 15 is 0 Å². The van der Waals surface area contributed by atoms with Crippen LogP contribution in [-0.2, 0) is 6.54 Å². The van der Waals surface area contributed by atoms with Crippen molar-refractivity contribution in [2.75, 3.05) is 0 Å². The molecule has 1 amide bonds. The largest absolute Gasteiger partial charge is 0.342 e. The highest BCUT2D eigenvalue weighted by Gasteiger charge is 2.08. The summed E-state index contributed by atoms with van der Waals surface area (Å²) in [5, 5.41) is 21.4. The smallest absolute Gasteiger partial charge is 0.288 e.